The summed E-state index contributed by atoms with van der Waals surface area (Å²) < 4.78 is 100.0. The topological polar surface area (TPSA) is 284 Å². The number of para-hydroxylation sites is 1. The van der Waals surface area contributed by atoms with E-state index in [1.807, 2.05) is 0 Å². The molecule has 0 N–H and O–H groups in total. The Balaban J connectivity index is 1.40. The quantitative estimate of drug-likeness (QED) is 0.117. The molecule has 0 unspecified atom stereocenters. The van der Waals surface area contributed by atoms with Crippen LogP contribution in [0.2, 0.25) is 0 Å². The van der Waals surface area contributed by atoms with Crippen molar-refractivity contribution in [3.05, 3.63) is 124 Å². The van der Waals surface area contributed by atoms with Gasteiger partial charge in [0.1, 0.15) is 14.7 Å². The molecule has 0 saturated carbocycles. The number of rotatable bonds is 9. The third-order valence-electron chi connectivity index (χ3n) is 8.52. The SMILES string of the molecule is N#[N+]c1ccc2c(S(=O)(=O)Oc3cccc(OS(=O)(=O)c4cccc5c([O-])c([N+]#N)ccc45)c3OS(=O)(=O)c3cccc4c([O-])c([N+]#N)ccc34)cccc2c1[O-]. The van der Waals surface area contributed by atoms with Crippen LogP contribution in [-0.2, 0) is 30.4 Å². The maximum absolute atomic E-state index is 14.1. The summed E-state index contributed by atoms with van der Waals surface area (Å²) in [6, 6.07) is 19.8. The zero-order valence-corrected chi connectivity index (χ0v) is 30.6. The van der Waals surface area contributed by atoms with Gasteiger partial charge in [0.15, 0.2) is 26.4 Å². The number of benzene rings is 7. The minimum Gasteiger partial charge on any atom is -0.867 e. The van der Waals surface area contributed by atoms with E-state index in [9.17, 15) is 56.8 Å². The predicted octanol–water partition coefficient (Wildman–Crippen LogP) is 6.12. The van der Waals surface area contributed by atoms with Crippen LogP contribution in [0.3, 0.4) is 0 Å². The van der Waals surface area contributed by atoms with Crippen molar-refractivity contribution < 1.29 is 53.1 Å². The first-order valence-electron chi connectivity index (χ1n) is 15.8. The summed E-state index contributed by atoms with van der Waals surface area (Å²) in [6.07, 6.45) is 0. The van der Waals surface area contributed by atoms with Gasteiger partial charge in [0, 0.05) is 34.4 Å². The Morgan fingerprint density at radius 2 is 0.684 bits per heavy atom. The molecule has 0 radical (unpaired) electrons. The third-order valence-corrected chi connectivity index (χ3v) is 12.4. The molecule has 0 fully saturated rings. The van der Waals surface area contributed by atoms with Crippen LogP contribution < -0.4 is 27.9 Å². The van der Waals surface area contributed by atoms with Crippen LogP contribution in [0.15, 0.2) is 124 Å². The standard InChI is InChI=1S/C36H18N6O12S3/c37-40-25-16-13-19-22(33(25)43)5-1-10-30(19)55(46,47)52-28-8-4-9-29(53-56(48,49)31-11-2-6-23-20(31)14-17-26(41-38)34(23)44)36(28)54-57(50,51)32-12-3-7-24-21(32)15-18-27(42-39)35(24)45/h1-18H. The van der Waals surface area contributed by atoms with Crippen molar-refractivity contribution in [1.29, 1.82) is 16.2 Å². The molecule has 0 saturated heterocycles. The number of hydrogen-bond acceptors (Lipinski definition) is 15. The van der Waals surface area contributed by atoms with E-state index in [1.54, 1.807) is 0 Å². The van der Waals surface area contributed by atoms with Gasteiger partial charge in [-0.25, -0.2) is 0 Å². The zero-order valence-electron chi connectivity index (χ0n) is 28.2. The van der Waals surface area contributed by atoms with Crippen molar-refractivity contribution in [2.45, 2.75) is 14.7 Å². The van der Waals surface area contributed by atoms with Gasteiger partial charge in [-0.3, -0.25) is 0 Å². The Hall–Kier alpha value is -7.77. The maximum Gasteiger partial charge on any atom is 0.378 e. The smallest absolute Gasteiger partial charge is 0.378 e. The van der Waals surface area contributed by atoms with Crippen molar-refractivity contribution >= 4 is 79.7 Å². The lowest BCUT2D eigenvalue weighted by atomic mass is 10.1. The fourth-order valence-corrected chi connectivity index (χ4v) is 9.42. The van der Waals surface area contributed by atoms with E-state index in [1.165, 1.54) is 30.3 Å². The van der Waals surface area contributed by atoms with Gasteiger partial charge in [-0.15, -0.1) is 0 Å². The van der Waals surface area contributed by atoms with Gasteiger partial charge in [0.2, 0.25) is 21.9 Å². The summed E-state index contributed by atoms with van der Waals surface area (Å²) in [4.78, 5) is 6.74. The Kier molecular flexibility index (Phi) is 9.10. The highest BCUT2D eigenvalue weighted by molar-refractivity contribution is 7.88. The van der Waals surface area contributed by atoms with Crippen molar-refractivity contribution in [2.75, 3.05) is 0 Å². The van der Waals surface area contributed by atoms with E-state index in [-0.39, 0.29) is 32.3 Å². The average molecular weight is 823 g/mol. The molecule has 57 heavy (non-hydrogen) atoms. The van der Waals surface area contributed by atoms with Crippen molar-refractivity contribution in [3.63, 3.8) is 0 Å². The Bertz CT molecular complexity index is 3210. The van der Waals surface area contributed by atoms with Gasteiger partial charge < -0.3 is 27.9 Å². The zero-order chi connectivity index (χ0) is 40.9. The van der Waals surface area contributed by atoms with Crippen LogP contribution in [0, 0.1) is 16.2 Å². The van der Waals surface area contributed by atoms with Crippen LogP contribution in [0.5, 0.6) is 34.5 Å². The van der Waals surface area contributed by atoms with Crippen molar-refractivity contribution in [3.8, 4) is 34.5 Å². The summed E-state index contributed by atoms with van der Waals surface area (Å²) in [5.41, 5.74) is -1.21. The fourth-order valence-electron chi connectivity index (χ4n) is 5.95. The maximum atomic E-state index is 14.1. The highest BCUT2D eigenvalue weighted by Crippen LogP contribution is 2.45. The number of hydrogen-bond donors (Lipinski definition) is 0. The largest absolute Gasteiger partial charge is 0.867 e. The van der Waals surface area contributed by atoms with Gasteiger partial charge in [0.25, 0.3) is 0 Å². The first-order chi connectivity index (χ1) is 27.1. The molecule has 7 rings (SSSR count). The first kappa shape index (κ1) is 37.5. The predicted molar refractivity (Wildman–Crippen MR) is 194 cm³/mol. The monoisotopic (exact) mass is 822 g/mol. The Morgan fingerprint density at radius 3 is 1.00 bits per heavy atom. The molecule has 0 aromatic heterocycles. The summed E-state index contributed by atoms with van der Waals surface area (Å²) in [5.74, 6) is -5.52. The molecule has 0 heterocycles. The molecular formula is C36H18N6O12S3. The highest BCUT2D eigenvalue weighted by atomic mass is 32.2. The second kappa shape index (κ2) is 13.8. The van der Waals surface area contributed by atoms with Gasteiger partial charge in [-0.05, 0) is 81.9 Å². The number of nitrogens with zero attached hydrogens (tertiary/aromatic N) is 6. The summed E-state index contributed by atoms with van der Waals surface area (Å²) in [5, 5.41) is 64.8. The Labute approximate surface area is 321 Å². The van der Waals surface area contributed by atoms with Crippen molar-refractivity contribution in [2.24, 2.45) is 0 Å². The van der Waals surface area contributed by atoms with E-state index in [2.05, 4.69) is 14.9 Å². The van der Waals surface area contributed by atoms with Gasteiger partial charge >= 0.3 is 47.4 Å². The second-order valence-electron chi connectivity index (χ2n) is 11.8. The van der Waals surface area contributed by atoms with Crippen LogP contribution in [-0.4, -0.2) is 25.3 Å². The third kappa shape index (κ3) is 6.47. The highest BCUT2D eigenvalue weighted by Gasteiger charge is 2.32. The van der Waals surface area contributed by atoms with E-state index < -0.39 is 96.6 Å². The summed E-state index contributed by atoms with van der Waals surface area (Å²) in [6.45, 7) is 0. The lowest BCUT2D eigenvalue weighted by Gasteiger charge is -2.18. The molecule has 0 aliphatic carbocycles. The average Bonchev–Trinajstić information content (AvgIpc) is 3.19. The molecule has 0 bridgehead atoms. The lowest BCUT2D eigenvalue weighted by molar-refractivity contribution is -0.265. The van der Waals surface area contributed by atoms with Crippen LogP contribution in [0.1, 0.15) is 0 Å². The van der Waals surface area contributed by atoms with Gasteiger partial charge in [0.05, 0.1) is 0 Å². The minimum absolute atomic E-state index is 0.191. The van der Waals surface area contributed by atoms with E-state index in [0.717, 1.165) is 78.9 Å². The summed E-state index contributed by atoms with van der Waals surface area (Å²) >= 11 is 0. The van der Waals surface area contributed by atoms with E-state index in [0.29, 0.717) is 0 Å². The molecule has 0 aliphatic rings. The number of fused-ring (bicyclic) bond motifs is 3. The molecule has 0 spiro atoms. The molecule has 7 aromatic carbocycles. The van der Waals surface area contributed by atoms with Gasteiger partial charge in [-0.2, -0.15) is 25.3 Å². The van der Waals surface area contributed by atoms with E-state index in [4.69, 9.17) is 12.5 Å². The molecule has 18 nitrogen and oxygen atoms in total. The molecule has 0 amide bonds. The normalized spacial score (nSPS) is 11.7. The molecule has 0 aliphatic heterocycles. The van der Waals surface area contributed by atoms with Crippen LogP contribution in [0.25, 0.3) is 47.2 Å². The van der Waals surface area contributed by atoms with Crippen LogP contribution in [0.4, 0.5) is 17.1 Å². The fraction of sp³-hybridized carbons (Fsp3) is 0. The van der Waals surface area contributed by atoms with Crippen LogP contribution >= 0.6 is 0 Å². The first-order valence-corrected chi connectivity index (χ1v) is 20.0. The summed E-state index contributed by atoms with van der Waals surface area (Å²) in [7, 11) is -15.3. The van der Waals surface area contributed by atoms with Crippen molar-refractivity contribution in [1.82, 2.24) is 0 Å². The molecule has 282 valence electrons. The minimum atomic E-state index is -5.19. The lowest BCUT2D eigenvalue weighted by Crippen LogP contribution is -2.17. The van der Waals surface area contributed by atoms with Gasteiger partial charge in [-0.1, -0.05) is 42.5 Å². The molecule has 7 aromatic rings. The number of diazo groups is 3. The molecule has 21 heteroatoms. The second-order valence-corrected chi connectivity index (χ2v) is 16.3. The molecule has 0 atom stereocenters. The molecular weight excluding hydrogens is 805 g/mol. The Morgan fingerprint density at radius 1 is 0.386 bits per heavy atom. The van der Waals surface area contributed by atoms with E-state index >= 15 is 0 Å².